The predicted octanol–water partition coefficient (Wildman–Crippen LogP) is 2.35. The summed E-state index contributed by atoms with van der Waals surface area (Å²) in [6.07, 6.45) is -2.17. The van der Waals surface area contributed by atoms with E-state index in [0.29, 0.717) is 11.4 Å². The molecular formula is C19H26N2O5. The highest BCUT2D eigenvalue weighted by Crippen LogP contribution is 2.29. The van der Waals surface area contributed by atoms with Crippen LogP contribution in [0.3, 0.4) is 0 Å². The standard InChI is InChI=1S/C19H26N2O5/c1-11(2)21(12(3)4)19(24)13(5)25-17(22)10-16-18(23)20-14-8-6-7-9-15(14)26-16/h6-9,11-13,16H,10H2,1-5H3,(H,20,23)/t13-,16+/m0/s1. The Bertz CT molecular complexity index is 678. The van der Waals surface area contributed by atoms with E-state index >= 15 is 0 Å². The van der Waals surface area contributed by atoms with E-state index in [4.69, 9.17) is 9.47 Å². The molecule has 0 fully saturated rings. The largest absolute Gasteiger partial charge is 0.478 e. The third-order valence-corrected chi connectivity index (χ3v) is 4.08. The van der Waals surface area contributed by atoms with Gasteiger partial charge in [-0.15, -0.1) is 0 Å². The van der Waals surface area contributed by atoms with Crippen LogP contribution >= 0.6 is 0 Å². The van der Waals surface area contributed by atoms with Crippen LogP contribution in [0, 0.1) is 0 Å². The van der Waals surface area contributed by atoms with E-state index in [1.165, 1.54) is 6.92 Å². The number of rotatable bonds is 6. The Morgan fingerprint density at radius 1 is 1.15 bits per heavy atom. The van der Waals surface area contributed by atoms with Gasteiger partial charge >= 0.3 is 5.97 Å². The SMILES string of the molecule is CC(C)N(C(=O)[C@H](C)OC(=O)C[C@H]1Oc2ccccc2NC1=O)C(C)C. The van der Waals surface area contributed by atoms with Gasteiger partial charge in [0.05, 0.1) is 12.1 Å². The fraction of sp³-hybridized carbons (Fsp3) is 0.526. The second kappa shape index (κ2) is 8.21. The second-order valence-corrected chi connectivity index (χ2v) is 6.86. The van der Waals surface area contributed by atoms with Gasteiger partial charge in [-0.25, -0.2) is 0 Å². The topological polar surface area (TPSA) is 84.9 Å². The summed E-state index contributed by atoms with van der Waals surface area (Å²) in [5, 5.41) is 2.69. The number of benzene rings is 1. The van der Waals surface area contributed by atoms with E-state index in [9.17, 15) is 14.4 Å². The van der Waals surface area contributed by atoms with Crippen molar-refractivity contribution in [2.75, 3.05) is 5.32 Å². The lowest BCUT2D eigenvalue weighted by molar-refractivity contribution is -0.162. The zero-order chi connectivity index (χ0) is 19.4. The fourth-order valence-electron chi connectivity index (χ4n) is 2.99. The maximum Gasteiger partial charge on any atom is 0.310 e. The molecule has 26 heavy (non-hydrogen) atoms. The molecule has 0 aromatic heterocycles. The van der Waals surface area contributed by atoms with Crippen LogP contribution in [0.25, 0.3) is 0 Å². The van der Waals surface area contributed by atoms with Gasteiger partial charge in [-0.1, -0.05) is 12.1 Å². The summed E-state index contributed by atoms with van der Waals surface area (Å²) in [5.41, 5.74) is 0.565. The number of amides is 2. The number of anilines is 1. The summed E-state index contributed by atoms with van der Waals surface area (Å²) < 4.78 is 10.8. The Balaban J connectivity index is 1.96. The molecule has 2 rings (SSSR count). The minimum absolute atomic E-state index is 0.00684. The van der Waals surface area contributed by atoms with Crippen molar-refractivity contribution >= 4 is 23.5 Å². The smallest absolute Gasteiger partial charge is 0.310 e. The first-order valence-corrected chi connectivity index (χ1v) is 8.79. The number of nitrogens with one attached hydrogen (secondary N) is 1. The van der Waals surface area contributed by atoms with Crippen LogP contribution < -0.4 is 10.1 Å². The van der Waals surface area contributed by atoms with Gasteiger partial charge in [0.1, 0.15) is 5.75 Å². The van der Waals surface area contributed by atoms with Gasteiger partial charge in [0, 0.05) is 12.1 Å². The van der Waals surface area contributed by atoms with Gasteiger partial charge in [0.25, 0.3) is 11.8 Å². The number of hydrogen-bond acceptors (Lipinski definition) is 5. The van der Waals surface area contributed by atoms with Crippen LogP contribution in [0.4, 0.5) is 5.69 Å². The first-order chi connectivity index (χ1) is 12.2. The van der Waals surface area contributed by atoms with E-state index in [2.05, 4.69) is 5.32 Å². The van der Waals surface area contributed by atoms with Crippen molar-refractivity contribution in [1.82, 2.24) is 4.90 Å². The number of esters is 1. The molecule has 0 unspecified atom stereocenters. The van der Waals surface area contributed by atoms with Crippen molar-refractivity contribution in [1.29, 1.82) is 0 Å². The second-order valence-electron chi connectivity index (χ2n) is 6.86. The first-order valence-electron chi connectivity index (χ1n) is 8.79. The van der Waals surface area contributed by atoms with Crippen LogP contribution in [0.1, 0.15) is 41.0 Å². The highest BCUT2D eigenvalue weighted by molar-refractivity contribution is 5.99. The first kappa shape index (κ1) is 19.8. The van der Waals surface area contributed by atoms with Crippen molar-refractivity contribution in [2.24, 2.45) is 0 Å². The van der Waals surface area contributed by atoms with Crippen molar-refractivity contribution in [3.8, 4) is 5.75 Å². The monoisotopic (exact) mass is 362 g/mol. The van der Waals surface area contributed by atoms with Crippen molar-refractivity contribution in [2.45, 2.75) is 65.3 Å². The molecule has 0 bridgehead atoms. The van der Waals surface area contributed by atoms with Crippen molar-refractivity contribution in [3.05, 3.63) is 24.3 Å². The summed E-state index contributed by atoms with van der Waals surface area (Å²) in [7, 11) is 0. The van der Waals surface area contributed by atoms with E-state index in [1.54, 1.807) is 29.2 Å². The van der Waals surface area contributed by atoms with E-state index in [0.717, 1.165) is 0 Å². The molecule has 0 aliphatic carbocycles. The van der Waals surface area contributed by atoms with Gasteiger partial charge in [-0.3, -0.25) is 14.4 Å². The Morgan fingerprint density at radius 3 is 2.38 bits per heavy atom. The highest BCUT2D eigenvalue weighted by atomic mass is 16.6. The third-order valence-electron chi connectivity index (χ3n) is 4.08. The number of hydrogen-bond donors (Lipinski definition) is 1. The Kier molecular flexibility index (Phi) is 6.23. The molecule has 2 amide bonds. The number of fused-ring (bicyclic) bond motifs is 1. The van der Waals surface area contributed by atoms with Gasteiger partial charge < -0.3 is 19.7 Å². The third kappa shape index (κ3) is 4.53. The zero-order valence-electron chi connectivity index (χ0n) is 15.8. The summed E-state index contributed by atoms with van der Waals surface area (Å²) in [6.45, 7) is 9.16. The predicted molar refractivity (Wildman–Crippen MR) is 96.8 cm³/mol. The molecule has 0 radical (unpaired) electrons. The van der Waals surface area contributed by atoms with Gasteiger partial charge in [-0.05, 0) is 46.8 Å². The lowest BCUT2D eigenvalue weighted by Crippen LogP contribution is -2.48. The van der Waals surface area contributed by atoms with Crippen molar-refractivity contribution < 1.29 is 23.9 Å². The number of para-hydroxylation sites is 2. The molecule has 0 spiro atoms. The lowest BCUT2D eigenvalue weighted by atomic mass is 10.1. The zero-order valence-corrected chi connectivity index (χ0v) is 15.8. The molecule has 1 aliphatic heterocycles. The molecule has 0 saturated heterocycles. The quantitative estimate of drug-likeness (QED) is 0.785. The molecule has 7 heteroatoms. The molecule has 7 nitrogen and oxygen atoms in total. The number of nitrogens with zero attached hydrogens (tertiary/aromatic N) is 1. The van der Waals surface area contributed by atoms with Crippen molar-refractivity contribution in [3.63, 3.8) is 0 Å². The number of carbonyl (C=O) groups is 3. The Labute approximate surface area is 153 Å². The fourth-order valence-corrected chi connectivity index (χ4v) is 2.99. The number of carbonyl (C=O) groups excluding carboxylic acids is 3. The van der Waals surface area contributed by atoms with Gasteiger partial charge in [0.15, 0.2) is 12.2 Å². The molecule has 2 atom stereocenters. The molecular weight excluding hydrogens is 336 g/mol. The highest BCUT2D eigenvalue weighted by Gasteiger charge is 2.32. The van der Waals surface area contributed by atoms with Crippen LogP contribution in [0.2, 0.25) is 0 Å². The molecule has 1 heterocycles. The minimum atomic E-state index is -0.981. The Hall–Kier alpha value is -2.57. The number of ether oxygens (including phenoxy) is 2. The van der Waals surface area contributed by atoms with E-state index in [-0.39, 0.29) is 24.4 Å². The molecule has 142 valence electrons. The van der Waals surface area contributed by atoms with Crippen LogP contribution in [0.5, 0.6) is 5.75 Å². The summed E-state index contributed by atoms with van der Waals surface area (Å²) in [4.78, 5) is 38.5. The maximum absolute atomic E-state index is 12.5. The van der Waals surface area contributed by atoms with Crippen LogP contribution in [-0.2, 0) is 19.1 Å². The van der Waals surface area contributed by atoms with Gasteiger partial charge in [-0.2, -0.15) is 0 Å². The minimum Gasteiger partial charge on any atom is -0.478 e. The summed E-state index contributed by atoms with van der Waals surface area (Å²) in [5.74, 6) is -0.828. The molecule has 1 N–H and O–H groups in total. The normalized spacial score (nSPS) is 17.2. The Morgan fingerprint density at radius 2 is 1.77 bits per heavy atom. The average Bonchev–Trinajstić information content (AvgIpc) is 2.54. The average molecular weight is 362 g/mol. The lowest BCUT2D eigenvalue weighted by Gasteiger charge is -2.33. The maximum atomic E-state index is 12.5. The van der Waals surface area contributed by atoms with Gasteiger partial charge in [0.2, 0.25) is 0 Å². The molecule has 1 aromatic carbocycles. The van der Waals surface area contributed by atoms with E-state index in [1.807, 2.05) is 27.7 Å². The van der Waals surface area contributed by atoms with E-state index < -0.39 is 24.1 Å². The summed E-state index contributed by atoms with van der Waals surface area (Å²) in [6, 6.07) is 6.97. The molecule has 1 aromatic rings. The van der Waals surface area contributed by atoms with Crippen LogP contribution in [0.15, 0.2) is 24.3 Å². The van der Waals surface area contributed by atoms with Crippen LogP contribution in [-0.4, -0.2) is 47.0 Å². The molecule has 1 aliphatic rings. The summed E-state index contributed by atoms with van der Waals surface area (Å²) >= 11 is 0. The molecule has 0 saturated carbocycles.